The molecule has 1 N–H and O–H groups in total. The number of aryl methyl sites for hydroxylation is 3. The van der Waals surface area contributed by atoms with Crippen LogP contribution in [0.25, 0.3) is 15.9 Å². The monoisotopic (exact) mass is 424 g/mol. The van der Waals surface area contributed by atoms with E-state index >= 15 is 0 Å². The third kappa shape index (κ3) is 3.79. The Morgan fingerprint density at radius 1 is 1.10 bits per heavy atom. The molecule has 2 aromatic heterocycles. The van der Waals surface area contributed by atoms with Crippen LogP contribution in [-0.4, -0.2) is 20.7 Å². The second-order valence-electron chi connectivity index (χ2n) is 6.79. The van der Waals surface area contributed by atoms with Gasteiger partial charge in [-0.1, -0.05) is 29.0 Å². The van der Waals surface area contributed by atoms with E-state index in [0.717, 1.165) is 21.3 Å². The van der Waals surface area contributed by atoms with E-state index in [1.807, 2.05) is 26.0 Å². The number of benzene rings is 2. The molecule has 0 aliphatic carbocycles. The van der Waals surface area contributed by atoms with Crippen molar-refractivity contribution < 1.29 is 4.79 Å². The number of anilines is 1. The Morgan fingerprint density at radius 2 is 1.83 bits per heavy atom. The highest BCUT2D eigenvalue weighted by Gasteiger charge is 2.18. The molecule has 4 rings (SSSR count). The first kappa shape index (κ1) is 19.3. The number of nitrogens with zero attached hydrogens (tertiary/aromatic N) is 3. The van der Waals surface area contributed by atoms with Crippen LogP contribution in [0.2, 0.25) is 5.02 Å². The minimum absolute atomic E-state index is 0.197. The zero-order valence-corrected chi connectivity index (χ0v) is 17.6. The van der Waals surface area contributed by atoms with Gasteiger partial charge >= 0.3 is 0 Å². The smallest absolute Gasteiger partial charge is 0.281 e. The molecule has 0 radical (unpaired) electrons. The van der Waals surface area contributed by atoms with Crippen LogP contribution in [0.3, 0.4) is 0 Å². The lowest BCUT2D eigenvalue weighted by atomic mass is 10.1. The number of thiazole rings is 1. The fourth-order valence-corrected chi connectivity index (χ4v) is 4.29. The van der Waals surface area contributed by atoms with Gasteiger partial charge in [-0.05, 0) is 62.2 Å². The largest absolute Gasteiger partial charge is 0.296 e. The Kier molecular flexibility index (Phi) is 4.94. The summed E-state index contributed by atoms with van der Waals surface area (Å²) in [7, 11) is 0. The molecule has 0 spiro atoms. The standard InChI is InChI=1S/C21H17ClN4O2S/c1-11-8-12(2)18-17(9-11)29-21(23-18)24-20(28)19-16(27)10-13(3)26(25-19)15-6-4-14(22)5-7-15/h4-10H,1-3H3,(H,23,24,28). The van der Waals surface area contributed by atoms with Crippen molar-refractivity contribution in [1.29, 1.82) is 0 Å². The van der Waals surface area contributed by atoms with E-state index in [-0.39, 0.29) is 5.69 Å². The lowest BCUT2D eigenvalue weighted by Gasteiger charge is -2.11. The van der Waals surface area contributed by atoms with Crippen molar-refractivity contribution in [2.24, 2.45) is 0 Å². The second-order valence-corrected chi connectivity index (χ2v) is 8.26. The summed E-state index contributed by atoms with van der Waals surface area (Å²) in [4.78, 5) is 29.7. The Labute approximate surface area is 175 Å². The fourth-order valence-electron chi connectivity index (χ4n) is 3.13. The maximum Gasteiger partial charge on any atom is 0.281 e. The van der Waals surface area contributed by atoms with Crippen molar-refractivity contribution in [3.05, 3.63) is 80.2 Å². The molecule has 0 aliphatic rings. The molecule has 1 amide bonds. The van der Waals surface area contributed by atoms with Gasteiger partial charge in [-0.2, -0.15) is 5.10 Å². The SMILES string of the molecule is Cc1cc(C)c2nc(NC(=O)c3nn(-c4ccc(Cl)cc4)c(C)cc3=O)sc2c1. The van der Waals surface area contributed by atoms with Gasteiger partial charge in [0.1, 0.15) is 0 Å². The molecule has 2 heterocycles. The van der Waals surface area contributed by atoms with E-state index in [1.54, 1.807) is 35.9 Å². The summed E-state index contributed by atoms with van der Waals surface area (Å²) in [6.07, 6.45) is 0. The van der Waals surface area contributed by atoms with Crippen LogP contribution < -0.4 is 10.7 Å². The second kappa shape index (κ2) is 7.42. The van der Waals surface area contributed by atoms with E-state index in [1.165, 1.54) is 17.4 Å². The first-order chi connectivity index (χ1) is 13.8. The summed E-state index contributed by atoms with van der Waals surface area (Å²) < 4.78 is 2.52. The summed E-state index contributed by atoms with van der Waals surface area (Å²) in [5.41, 5.74) is 3.67. The molecular formula is C21H17ClN4O2S. The van der Waals surface area contributed by atoms with Crippen LogP contribution in [0.1, 0.15) is 27.3 Å². The number of hydrogen-bond acceptors (Lipinski definition) is 5. The van der Waals surface area contributed by atoms with Gasteiger partial charge in [-0.25, -0.2) is 9.67 Å². The fraction of sp³-hybridized carbons (Fsp3) is 0.143. The molecular weight excluding hydrogens is 408 g/mol. The summed E-state index contributed by atoms with van der Waals surface area (Å²) in [5, 5.41) is 8.01. The van der Waals surface area contributed by atoms with E-state index in [4.69, 9.17) is 11.6 Å². The topological polar surface area (TPSA) is 76.9 Å². The van der Waals surface area contributed by atoms with Crippen LogP contribution in [0.4, 0.5) is 5.13 Å². The number of hydrogen-bond donors (Lipinski definition) is 1. The molecule has 8 heteroatoms. The molecule has 0 saturated heterocycles. The highest BCUT2D eigenvalue weighted by molar-refractivity contribution is 7.22. The van der Waals surface area contributed by atoms with Gasteiger partial charge in [-0.15, -0.1) is 0 Å². The lowest BCUT2D eigenvalue weighted by molar-refractivity contribution is 0.101. The molecule has 0 fully saturated rings. The molecule has 0 aliphatic heterocycles. The summed E-state index contributed by atoms with van der Waals surface area (Å²) in [6, 6.07) is 12.4. The van der Waals surface area contributed by atoms with Crippen LogP contribution in [0.5, 0.6) is 0 Å². The zero-order chi connectivity index (χ0) is 20.7. The van der Waals surface area contributed by atoms with Crippen LogP contribution in [0.15, 0.2) is 47.3 Å². The molecule has 0 atom stereocenters. The van der Waals surface area contributed by atoms with Crippen molar-refractivity contribution in [2.75, 3.05) is 5.32 Å². The number of carbonyl (C=O) groups is 1. The van der Waals surface area contributed by atoms with Crippen LogP contribution in [0, 0.1) is 20.8 Å². The molecule has 4 aromatic rings. The quantitative estimate of drug-likeness (QED) is 0.518. The third-order valence-electron chi connectivity index (χ3n) is 4.44. The highest BCUT2D eigenvalue weighted by atomic mass is 35.5. The Hall–Kier alpha value is -3.03. The Balaban J connectivity index is 1.70. The maximum absolute atomic E-state index is 12.8. The lowest BCUT2D eigenvalue weighted by Crippen LogP contribution is -2.26. The van der Waals surface area contributed by atoms with Gasteiger partial charge in [0.2, 0.25) is 5.43 Å². The average Bonchev–Trinajstić information content (AvgIpc) is 3.05. The van der Waals surface area contributed by atoms with Crippen LogP contribution >= 0.6 is 22.9 Å². The van der Waals surface area contributed by atoms with Crippen molar-refractivity contribution in [3.8, 4) is 5.69 Å². The summed E-state index contributed by atoms with van der Waals surface area (Å²) in [6.45, 7) is 5.75. The highest BCUT2D eigenvalue weighted by Crippen LogP contribution is 2.29. The Bertz CT molecular complexity index is 1310. The number of nitrogens with one attached hydrogen (secondary N) is 1. The zero-order valence-electron chi connectivity index (χ0n) is 16.0. The maximum atomic E-state index is 12.8. The van der Waals surface area contributed by atoms with Crippen molar-refractivity contribution >= 4 is 44.2 Å². The number of fused-ring (bicyclic) bond motifs is 1. The molecule has 29 heavy (non-hydrogen) atoms. The van der Waals surface area contributed by atoms with E-state index < -0.39 is 11.3 Å². The first-order valence-corrected chi connectivity index (χ1v) is 10.1. The molecule has 2 aromatic carbocycles. The minimum Gasteiger partial charge on any atom is -0.296 e. The number of carbonyl (C=O) groups excluding carboxylic acids is 1. The van der Waals surface area contributed by atoms with Gasteiger partial charge in [0, 0.05) is 16.8 Å². The number of amides is 1. The average molecular weight is 425 g/mol. The summed E-state index contributed by atoms with van der Waals surface area (Å²) >= 11 is 7.31. The van der Waals surface area contributed by atoms with Gasteiger partial charge in [-0.3, -0.25) is 14.9 Å². The number of halogens is 1. The summed E-state index contributed by atoms with van der Waals surface area (Å²) in [5.74, 6) is -0.592. The number of rotatable bonds is 3. The molecule has 6 nitrogen and oxygen atoms in total. The van der Waals surface area contributed by atoms with Crippen molar-refractivity contribution in [2.45, 2.75) is 20.8 Å². The minimum atomic E-state index is -0.592. The molecule has 0 unspecified atom stereocenters. The van der Waals surface area contributed by atoms with E-state index in [0.29, 0.717) is 21.5 Å². The van der Waals surface area contributed by atoms with E-state index in [2.05, 4.69) is 15.4 Å². The number of aromatic nitrogens is 3. The van der Waals surface area contributed by atoms with Gasteiger partial charge < -0.3 is 0 Å². The third-order valence-corrected chi connectivity index (χ3v) is 5.61. The molecule has 0 saturated carbocycles. The van der Waals surface area contributed by atoms with Gasteiger partial charge in [0.15, 0.2) is 10.8 Å². The Morgan fingerprint density at radius 3 is 2.55 bits per heavy atom. The normalized spacial score (nSPS) is 11.0. The van der Waals surface area contributed by atoms with E-state index in [9.17, 15) is 9.59 Å². The predicted molar refractivity (Wildman–Crippen MR) is 117 cm³/mol. The first-order valence-electron chi connectivity index (χ1n) is 8.88. The van der Waals surface area contributed by atoms with Crippen LogP contribution in [-0.2, 0) is 0 Å². The van der Waals surface area contributed by atoms with Crippen molar-refractivity contribution in [3.63, 3.8) is 0 Å². The molecule has 146 valence electrons. The van der Waals surface area contributed by atoms with Crippen molar-refractivity contribution in [1.82, 2.24) is 14.8 Å². The predicted octanol–water partition coefficient (Wildman–Crippen LogP) is 4.67. The van der Waals surface area contributed by atoms with Gasteiger partial charge in [0.05, 0.1) is 15.9 Å². The molecule has 0 bridgehead atoms. The van der Waals surface area contributed by atoms with Gasteiger partial charge in [0.25, 0.3) is 5.91 Å².